The molecule has 0 aliphatic carbocycles. The van der Waals surface area contributed by atoms with E-state index < -0.39 is 0 Å². The Morgan fingerprint density at radius 3 is 2.25 bits per heavy atom. The third kappa shape index (κ3) is 1.97. The van der Waals surface area contributed by atoms with Crippen molar-refractivity contribution in [2.75, 3.05) is 0 Å². The van der Waals surface area contributed by atoms with Crippen molar-refractivity contribution in [2.45, 2.75) is 0 Å². The number of hydrogen-bond acceptors (Lipinski definition) is 3. The predicted octanol–water partition coefficient (Wildman–Crippen LogP) is 5.07. The second kappa shape index (κ2) is 5.03. The summed E-state index contributed by atoms with van der Waals surface area (Å²) in [4.78, 5) is 12.6. The average Bonchev–Trinajstić information content (AvgIpc) is 2.91. The quantitative estimate of drug-likeness (QED) is 0.297. The zero-order chi connectivity index (χ0) is 16.3. The lowest BCUT2D eigenvalue weighted by atomic mass is 9.92. The largest absolute Gasteiger partial charge is 0.307 e. The fourth-order valence-electron chi connectivity index (χ4n) is 3.45. The third-order valence-corrected chi connectivity index (χ3v) is 5.65. The molecule has 0 aromatic heterocycles. The normalized spacial score (nSPS) is 16.8. The van der Waals surface area contributed by atoms with E-state index in [0.29, 0.717) is 9.23 Å². The van der Waals surface area contributed by atoms with Gasteiger partial charge < -0.3 is 5.32 Å². The SMILES string of the molecule is O=C1NC(=S)S/C1=C\c1ccc2ccc3cccc4ccc1c2c34. The summed E-state index contributed by atoms with van der Waals surface area (Å²) < 4.78 is 0.518. The lowest BCUT2D eigenvalue weighted by molar-refractivity contribution is -0.115. The van der Waals surface area contributed by atoms with Crippen molar-refractivity contribution >= 4 is 72.6 Å². The second-order valence-electron chi connectivity index (χ2n) is 5.86. The molecule has 0 spiro atoms. The molecule has 4 heteroatoms. The molecule has 2 nitrogen and oxygen atoms in total. The number of thioether (sulfide) groups is 1. The molecular weight excluding hydrogens is 334 g/mol. The van der Waals surface area contributed by atoms with Crippen molar-refractivity contribution in [1.29, 1.82) is 0 Å². The van der Waals surface area contributed by atoms with E-state index in [2.05, 4.69) is 59.9 Å². The van der Waals surface area contributed by atoms with Crippen LogP contribution in [0.3, 0.4) is 0 Å². The molecule has 1 fully saturated rings. The van der Waals surface area contributed by atoms with Gasteiger partial charge in [0, 0.05) is 0 Å². The van der Waals surface area contributed by atoms with Gasteiger partial charge in [0.25, 0.3) is 5.91 Å². The zero-order valence-electron chi connectivity index (χ0n) is 12.5. The smallest absolute Gasteiger partial charge is 0.263 e. The van der Waals surface area contributed by atoms with Crippen LogP contribution in [0.4, 0.5) is 0 Å². The molecule has 5 rings (SSSR count). The van der Waals surface area contributed by atoms with Gasteiger partial charge in [0.05, 0.1) is 4.91 Å². The van der Waals surface area contributed by atoms with Crippen molar-refractivity contribution in [1.82, 2.24) is 5.32 Å². The molecule has 1 aliphatic heterocycles. The molecule has 1 aliphatic rings. The van der Waals surface area contributed by atoms with E-state index in [4.69, 9.17) is 12.2 Å². The monoisotopic (exact) mass is 345 g/mol. The van der Waals surface area contributed by atoms with Crippen molar-refractivity contribution in [2.24, 2.45) is 0 Å². The highest BCUT2D eigenvalue weighted by Crippen LogP contribution is 2.37. The minimum atomic E-state index is -0.115. The standard InChI is InChI=1S/C20H11NOS2/c22-19-16(24-20(23)21-19)10-14-7-6-13-5-4-11-2-1-3-12-8-9-15(14)18(13)17(11)12/h1-10H,(H,21,22,23)/b16-10-. The Kier molecular flexibility index (Phi) is 2.93. The molecule has 0 bridgehead atoms. The van der Waals surface area contributed by atoms with E-state index in [1.54, 1.807) is 0 Å². The molecule has 4 aromatic rings. The number of amides is 1. The molecule has 0 atom stereocenters. The van der Waals surface area contributed by atoms with E-state index in [1.165, 1.54) is 38.7 Å². The van der Waals surface area contributed by atoms with Crippen LogP contribution >= 0.6 is 24.0 Å². The van der Waals surface area contributed by atoms with Gasteiger partial charge in [-0.25, -0.2) is 0 Å². The van der Waals surface area contributed by atoms with Crippen LogP contribution in [0.2, 0.25) is 0 Å². The molecule has 114 valence electrons. The number of hydrogen-bond donors (Lipinski definition) is 1. The number of benzene rings is 4. The van der Waals surface area contributed by atoms with Gasteiger partial charge in [-0.15, -0.1) is 0 Å². The lowest BCUT2D eigenvalue weighted by Gasteiger charge is -2.12. The average molecular weight is 345 g/mol. The van der Waals surface area contributed by atoms with Crippen LogP contribution in [-0.4, -0.2) is 10.2 Å². The van der Waals surface area contributed by atoms with Gasteiger partial charge in [-0.3, -0.25) is 4.79 Å². The van der Waals surface area contributed by atoms with Gasteiger partial charge in [-0.2, -0.15) is 0 Å². The van der Waals surface area contributed by atoms with Crippen LogP contribution in [0.15, 0.2) is 59.5 Å². The van der Waals surface area contributed by atoms with Gasteiger partial charge in [-0.1, -0.05) is 78.6 Å². The number of carbonyl (C=O) groups is 1. The van der Waals surface area contributed by atoms with Crippen molar-refractivity contribution in [3.05, 3.63) is 65.1 Å². The summed E-state index contributed by atoms with van der Waals surface area (Å²) in [6.07, 6.45) is 1.94. The van der Waals surface area contributed by atoms with Gasteiger partial charge in [0.1, 0.15) is 4.32 Å². The molecule has 0 radical (unpaired) electrons. The van der Waals surface area contributed by atoms with E-state index in [0.717, 1.165) is 10.9 Å². The van der Waals surface area contributed by atoms with Crippen molar-refractivity contribution in [3.63, 3.8) is 0 Å². The minimum absolute atomic E-state index is 0.115. The molecule has 1 amide bonds. The molecule has 0 saturated carbocycles. The highest BCUT2D eigenvalue weighted by atomic mass is 32.2. The molecule has 4 aromatic carbocycles. The summed E-state index contributed by atoms with van der Waals surface area (Å²) in [6, 6.07) is 19.2. The Morgan fingerprint density at radius 2 is 1.54 bits per heavy atom. The number of carbonyl (C=O) groups excluding carboxylic acids is 1. The maximum atomic E-state index is 12.0. The highest BCUT2D eigenvalue weighted by Gasteiger charge is 2.22. The fourth-order valence-corrected chi connectivity index (χ4v) is 4.48. The first-order valence-corrected chi connectivity index (χ1v) is 8.84. The van der Waals surface area contributed by atoms with E-state index in [-0.39, 0.29) is 5.91 Å². The zero-order valence-corrected chi connectivity index (χ0v) is 14.1. The number of rotatable bonds is 1. The first kappa shape index (κ1) is 14.0. The summed E-state index contributed by atoms with van der Waals surface area (Å²) in [5, 5.41) is 10.1. The third-order valence-electron chi connectivity index (χ3n) is 4.49. The molecule has 24 heavy (non-hydrogen) atoms. The van der Waals surface area contributed by atoms with E-state index in [1.807, 2.05) is 6.08 Å². The van der Waals surface area contributed by atoms with Crippen LogP contribution in [0.5, 0.6) is 0 Å². The van der Waals surface area contributed by atoms with Crippen LogP contribution in [0.25, 0.3) is 38.4 Å². The first-order valence-electron chi connectivity index (χ1n) is 7.62. The summed E-state index contributed by atoms with van der Waals surface area (Å²) in [5.74, 6) is -0.115. The van der Waals surface area contributed by atoms with Crippen molar-refractivity contribution < 1.29 is 4.79 Å². The maximum Gasteiger partial charge on any atom is 0.263 e. The molecule has 1 N–H and O–H groups in total. The van der Waals surface area contributed by atoms with Crippen LogP contribution in [0.1, 0.15) is 5.56 Å². The Balaban J connectivity index is 1.86. The molecule has 1 heterocycles. The van der Waals surface area contributed by atoms with E-state index in [9.17, 15) is 4.79 Å². The summed E-state index contributed by atoms with van der Waals surface area (Å²) in [5.41, 5.74) is 1.04. The van der Waals surface area contributed by atoms with E-state index >= 15 is 0 Å². The van der Waals surface area contributed by atoms with Crippen molar-refractivity contribution in [3.8, 4) is 0 Å². The Morgan fingerprint density at radius 1 is 0.875 bits per heavy atom. The number of nitrogens with one attached hydrogen (secondary N) is 1. The highest BCUT2D eigenvalue weighted by molar-refractivity contribution is 8.26. The molecular formula is C20H11NOS2. The van der Waals surface area contributed by atoms with Gasteiger partial charge in [0.15, 0.2) is 0 Å². The van der Waals surface area contributed by atoms with Crippen LogP contribution in [-0.2, 0) is 4.79 Å². The Bertz CT molecular complexity index is 1180. The topological polar surface area (TPSA) is 29.1 Å². The second-order valence-corrected chi connectivity index (χ2v) is 7.58. The molecule has 0 unspecified atom stereocenters. The lowest BCUT2D eigenvalue weighted by Crippen LogP contribution is -2.17. The Hall–Kier alpha value is -2.43. The fraction of sp³-hybridized carbons (Fsp3) is 0. The summed E-state index contributed by atoms with van der Waals surface area (Å²) >= 11 is 6.40. The maximum absolute atomic E-state index is 12.0. The first-order chi connectivity index (χ1) is 11.7. The summed E-state index contributed by atoms with van der Waals surface area (Å²) in [6.45, 7) is 0. The van der Waals surface area contributed by atoms with Gasteiger partial charge in [-0.05, 0) is 44.0 Å². The summed E-state index contributed by atoms with van der Waals surface area (Å²) in [7, 11) is 0. The van der Waals surface area contributed by atoms with Crippen LogP contribution < -0.4 is 5.32 Å². The predicted molar refractivity (Wildman–Crippen MR) is 106 cm³/mol. The van der Waals surface area contributed by atoms with Gasteiger partial charge >= 0.3 is 0 Å². The van der Waals surface area contributed by atoms with Crippen LogP contribution in [0, 0.1) is 0 Å². The number of thiocarbonyl (C=S) groups is 1. The minimum Gasteiger partial charge on any atom is -0.307 e. The Labute approximate surface area is 147 Å². The van der Waals surface area contributed by atoms with Gasteiger partial charge in [0.2, 0.25) is 0 Å². The molecule has 1 saturated heterocycles.